The Kier molecular flexibility index (Phi) is 6.19. The fraction of sp³-hybridized carbons (Fsp3) is 0.455. The molecule has 1 aromatic heterocycles. The highest BCUT2D eigenvalue weighted by molar-refractivity contribution is 7.89. The molecule has 1 heterocycles. The summed E-state index contributed by atoms with van der Waals surface area (Å²) in [6.07, 6.45) is 1.30. The fourth-order valence-corrected chi connectivity index (χ4v) is 2.51. The monoisotopic (exact) mass is 302 g/mol. The van der Waals surface area contributed by atoms with Crippen LogP contribution in [0.4, 0.5) is 10.5 Å². The topological polar surface area (TPSA) is 123 Å². The number of nitrogens with one attached hydrogen (secondary N) is 2. The van der Waals surface area contributed by atoms with Crippen molar-refractivity contribution in [3.8, 4) is 0 Å². The van der Waals surface area contributed by atoms with E-state index < -0.39 is 16.1 Å². The van der Waals surface area contributed by atoms with Crippen LogP contribution in [0.15, 0.2) is 23.4 Å². The lowest BCUT2D eigenvalue weighted by Crippen LogP contribution is -2.30. The van der Waals surface area contributed by atoms with Crippen molar-refractivity contribution in [2.45, 2.75) is 18.4 Å². The van der Waals surface area contributed by atoms with Crippen LogP contribution in [-0.4, -0.2) is 39.2 Å². The number of rotatable bonds is 8. The first-order valence-electron chi connectivity index (χ1n) is 6.08. The number of nitrogens with zero attached hydrogens (tertiary/aromatic N) is 1. The zero-order chi connectivity index (χ0) is 15.0. The van der Waals surface area contributed by atoms with E-state index in [1.54, 1.807) is 12.1 Å². The molecule has 0 aromatic carbocycles. The van der Waals surface area contributed by atoms with Crippen molar-refractivity contribution < 1.29 is 17.9 Å². The molecule has 1 amide bonds. The van der Waals surface area contributed by atoms with Gasteiger partial charge in [0.25, 0.3) is 10.0 Å². The normalized spacial score (nSPS) is 11.1. The second-order valence-corrected chi connectivity index (χ2v) is 5.53. The summed E-state index contributed by atoms with van der Waals surface area (Å²) >= 11 is 0. The van der Waals surface area contributed by atoms with Gasteiger partial charge in [-0.1, -0.05) is 6.92 Å². The zero-order valence-electron chi connectivity index (χ0n) is 11.1. The zero-order valence-corrected chi connectivity index (χ0v) is 11.9. The van der Waals surface area contributed by atoms with Crippen LogP contribution in [0, 0.1) is 0 Å². The van der Waals surface area contributed by atoms with Crippen molar-refractivity contribution in [2.24, 2.45) is 5.73 Å². The number of carbonyl (C=O) groups excluding carboxylic acids is 1. The Balaban J connectivity index is 2.73. The summed E-state index contributed by atoms with van der Waals surface area (Å²) < 4.78 is 30.9. The van der Waals surface area contributed by atoms with Crippen LogP contribution in [0.25, 0.3) is 0 Å². The summed E-state index contributed by atoms with van der Waals surface area (Å²) in [7, 11) is -3.78. The molecule has 112 valence electrons. The molecule has 0 aliphatic heterocycles. The van der Waals surface area contributed by atoms with E-state index in [-0.39, 0.29) is 18.2 Å². The number of aromatic nitrogens is 1. The van der Waals surface area contributed by atoms with E-state index in [2.05, 4.69) is 19.8 Å². The lowest BCUT2D eigenvalue weighted by Gasteiger charge is -2.11. The standard InChI is InChI=1S/C11H18N4O4S/c1-2-5-13-9-4-3-6-14-10(9)20(17,18)15-7-8-19-11(12)16/h3-4,6,13,15H,2,5,7-8H2,1H3,(H2,12,16). The highest BCUT2D eigenvalue weighted by Crippen LogP contribution is 2.17. The van der Waals surface area contributed by atoms with Gasteiger partial charge in [0.1, 0.15) is 6.61 Å². The Bertz CT molecular complexity index is 547. The van der Waals surface area contributed by atoms with Crippen molar-refractivity contribution in [3.63, 3.8) is 0 Å². The predicted molar refractivity (Wildman–Crippen MR) is 73.7 cm³/mol. The van der Waals surface area contributed by atoms with Gasteiger partial charge in [-0.3, -0.25) is 0 Å². The van der Waals surface area contributed by atoms with Crippen molar-refractivity contribution in [3.05, 3.63) is 18.3 Å². The Morgan fingerprint density at radius 3 is 2.85 bits per heavy atom. The van der Waals surface area contributed by atoms with Crippen molar-refractivity contribution in [1.29, 1.82) is 0 Å². The highest BCUT2D eigenvalue weighted by atomic mass is 32.2. The first-order valence-corrected chi connectivity index (χ1v) is 7.56. The average molecular weight is 302 g/mol. The molecular formula is C11H18N4O4S. The van der Waals surface area contributed by atoms with Gasteiger partial charge in [-0.05, 0) is 18.6 Å². The molecule has 1 rings (SSSR count). The Hall–Kier alpha value is -1.87. The third-order valence-electron chi connectivity index (χ3n) is 2.23. The van der Waals surface area contributed by atoms with Crippen molar-refractivity contribution in [1.82, 2.24) is 9.71 Å². The number of pyridine rings is 1. The molecular weight excluding hydrogens is 284 g/mol. The number of hydrogen-bond acceptors (Lipinski definition) is 6. The minimum atomic E-state index is -3.78. The second-order valence-electron chi connectivity index (χ2n) is 3.85. The lowest BCUT2D eigenvalue weighted by atomic mass is 10.4. The van der Waals surface area contributed by atoms with Gasteiger partial charge in [0.2, 0.25) is 0 Å². The molecule has 0 unspecified atom stereocenters. The molecule has 1 aromatic rings. The number of amides is 1. The maximum atomic E-state index is 12.1. The Morgan fingerprint density at radius 1 is 1.45 bits per heavy atom. The van der Waals surface area contributed by atoms with Gasteiger partial charge < -0.3 is 15.8 Å². The minimum absolute atomic E-state index is 0.0743. The van der Waals surface area contributed by atoms with E-state index >= 15 is 0 Å². The predicted octanol–water partition coefficient (Wildman–Crippen LogP) is 0.277. The van der Waals surface area contributed by atoms with Crippen LogP contribution >= 0.6 is 0 Å². The van der Waals surface area contributed by atoms with Gasteiger partial charge in [-0.15, -0.1) is 0 Å². The Labute approximate surface area is 117 Å². The number of carbonyl (C=O) groups is 1. The fourth-order valence-electron chi connectivity index (χ4n) is 1.40. The third kappa shape index (κ3) is 5.02. The second kappa shape index (κ2) is 7.65. The first kappa shape index (κ1) is 16.2. The number of sulfonamides is 1. The SMILES string of the molecule is CCCNc1cccnc1S(=O)(=O)NCCOC(N)=O. The van der Waals surface area contributed by atoms with Crippen LogP contribution in [0.2, 0.25) is 0 Å². The van der Waals surface area contributed by atoms with Gasteiger partial charge in [0, 0.05) is 19.3 Å². The number of hydrogen-bond donors (Lipinski definition) is 3. The average Bonchev–Trinajstić information content (AvgIpc) is 2.41. The van der Waals surface area contributed by atoms with Crippen LogP contribution < -0.4 is 15.8 Å². The summed E-state index contributed by atoms with van der Waals surface area (Å²) in [4.78, 5) is 14.2. The largest absolute Gasteiger partial charge is 0.448 e. The molecule has 0 saturated carbocycles. The Morgan fingerprint density at radius 2 is 2.20 bits per heavy atom. The maximum Gasteiger partial charge on any atom is 0.404 e. The van der Waals surface area contributed by atoms with E-state index in [1.165, 1.54) is 6.20 Å². The number of ether oxygens (including phenoxy) is 1. The van der Waals surface area contributed by atoms with Gasteiger partial charge in [0.15, 0.2) is 5.03 Å². The summed E-state index contributed by atoms with van der Waals surface area (Å²) in [6.45, 7) is 2.39. The number of anilines is 1. The van der Waals surface area contributed by atoms with Gasteiger partial charge in [0.05, 0.1) is 5.69 Å². The lowest BCUT2D eigenvalue weighted by molar-refractivity contribution is 0.159. The third-order valence-corrected chi connectivity index (χ3v) is 3.65. The molecule has 0 spiro atoms. The number of primary amides is 1. The first-order chi connectivity index (χ1) is 9.47. The van der Waals surface area contributed by atoms with Gasteiger partial charge in [-0.2, -0.15) is 0 Å². The molecule has 0 radical (unpaired) electrons. The quantitative estimate of drug-likeness (QED) is 0.592. The van der Waals surface area contributed by atoms with Gasteiger partial charge in [-0.25, -0.2) is 22.9 Å². The molecule has 0 aliphatic rings. The molecule has 0 aliphatic carbocycles. The summed E-state index contributed by atoms with van der Waals surface area (Å²) in [6, 6.07) is 3.28. The summed E-state index contributed by atoms with van der Waals surface area (Å²) in [5, 5.41) is 2.90. The van der Waals surface area contributed by atoms with Crippen LogP contribution in [-0.2, 0) is 14.8 Å². The van der Waals surface area contributed by atoms with E-state index in [0.29, 0.717) is 12.2 Å². The molecule has 9 heteroatoms. The molecule has 20 heavy (non-hydrogen) atoms. The van der Waals surface area contributed by atoms with Crippen LogP contribution in [0.5, 0.6) is 0 Å². The van der Waals surface area contributed by atoms with E-state index in [1.807, 2.05) is 6.92 Å². The van der Waals surface area contributed by atoms with Crippen molar-refractivity contribution >= 4 is 21.8 Å². The maximum absolute atomic E-state index is 12.1. The smallest absolute Gasteiger partial charge is 0.404 e. The van der Waals surface area contributed by atoms with E-state index in [0.717, 1.165) is 6.42 Å². The molecule has 0 atom stereocenters. The molecule has 0 fully saturated rings. The molecule has 0 saturated heterocycles. The summed E-state index contributed by atoms with van der Waals surface area (Å²) in [5.74, 6) is 0. The van der Waals surface area contributed by atoms with Crippen LogP contribution in [0.1, 0.15) is 13.3 Å². The highest BCUT2D eigenvalue weighted by Gasteiger charge is 2.19. The molecule has 8 nitrogen and oxygen atoms in total. The van der Waals surface area contributed by atoms with Crippen molar-refractivity contribution in [2.75, 3.05) is 25.0 Å². The van der Waals surface area contributed by atoms with E-state index in [4.69, 9.17) is 5.73 Å². The molecule has 4 N–H and O–H groups in total. The summed E-state index contributed by atoms with van der Waals surface area (Å²) in [5.41, 5.74) is 5.20. The number of nitrogens with two attached hydrogens (primary N) is 1. The van der Waals surface area contributed by atoms with Crippen LogP contribution in [0.3, 0.4) is 0 Å². The molecule has 0 bridgehead atoms. The van der Waals surface area contributed by atoms with Gasteiger partial charge >= 0.3 is 6.09 Å². The minimum Gasteiger partial charge on any atom is -0.448 e. The van der Waals surface area contributed by atoms with E-state index in [9.17, 15) is 13.2 Å².